The molecular formula is C21H16ClN7O2. The molecule has 0 aliphatic heterocycles. The minimum absolute atomic E-state index is 0.211. The summed E-state index contributed by atoms with van der Waals surface area (Å²) in [6.45, 7) is 0.211. The monoisotopic (exact) mass is 433 g/mol. The highest BCUT2D eigenvalue weighted by Gasteiger charge is 2.19. The maximum absolute atomic E-state index is 13.6. The molecule has 0 spiro atoms. The normalized spacial score (nSPS) is 11.3. The Labute approximate surface area is 180 Å². The highest BCUT2D eigenvalue weighted by molar-refractivity contribution is 6.35. The molecule has 0 atom stereocenters. The molecule has 0 radical (unpaired) electrons. The van der Waals surface area contributed by atoms with Gasteiger partial charge in [0.15, 0.2) is 11.5 Å². The van der Waals surface area contributed by atoms with Crippen molar-refractivity contribution in [2.24, 2.45) is 0 Å². The molecular weight excluding hydrogens is 418 g/mol. The van der Waals surface area contributed by atoms with Crippen LogP contribution in [0.2, 0.25) is 5.02 Å². The SMILES string of the molecule is COc1ccccc1-n1c(Cn2cnc3c(N)ncnc32)nc2cccc(Cl)c2c1=O. The smallest absolute Gasteiger partial charge is 0.267 e. The van der Waals surface area contributed by atoms with Crippen molar-refractivity contribution >= 4 is 39.5 Å². The predicted molar refractivity (Wildman–Crippen MR) is 118 cm³/mol. The van der Waals surface area contributed by atoms with Crippen LogP contribution in [-0.2, 0) is 6.54 Å². The Morgan fingerprint density at radius 2 is 1.94 bits per heavy atom. The second kappa shape index (κ2) is 7.37. The van der Waals surface area contributed by atoms with Crippen molar-refractivity contribution in [2.75, 3.05) is 12.8 Å². The predicted octanol–water partition coefficient (Wildman–Crippen LogP) is 2.82. The number of nitrogens with two attached hydrogens (primary N) is 1. The fraction of sp³-hybridized carbons (Fsp3) is 0.0952. The first-order valence-corrected chi connectivity index (χ1v) is 9.71. The van der Waals surface area contributed by atoms with Gasteiger partial charge in [-0.3, -0.25) is 9.36 Å². The summed E-state index contributed by atoms with van der Waals surface area (Å²) >= 11 is 6.36. The number of hydrogen-bond acceptors (Lipinski definition) is 7. The molecule has 0 aliphatic rings. The van der Waals surface area contributed by atoms with Crippen LogP contribution in [0.25, 0.3) is 27.8 Å². The number of imidazole rings is 1. The van der Waals surface area contributed by atoms with Gasteiger partial charge in [0, 0.05) is 0 Å². The van der Waals surface area contributed by atoms with Gasteiger partial charge in [0.2, 0.25) is 0 Å². The summed E-state index contributed by atoms with van der Waals surface area (Å²) in [5.74, 6) is 1.27. The van der Waals surface area contributed by atoms with Crippen molar-refractivity contribution in [3.05, 3.63) is 76.3 Å². The lowest BCUT2D eigenvalue weighted by Gasteiger charge is -2.17. The molecule has 0 saturated carbocycles. The van der Waals surface area contributed by atoms with Crippen LogP contribution < -0.4 is 16.0 Å². The van der Waals surface area contributed by atoms with Crippen LogP contribution in [0.15, 0.2) is 59.9 Å². The number of anilines is 1. The molecule has 0 amide bonds. The summed E-state index contributed by atoms with van der Waals surface area (Å²) in [5.41, 5.74) is 7.69. The van der Waals surface area contributed by atoms with Crippen molar-refractivity contribution in [2.45, 2.75) is 6.54 Å². The minimum atomic E-state index is -0.298. The lowest BCUT2D eigenvalue weighted by Crippen LogP contribution is -2.26. The molecule has 2 aromatic carbocycles. The van der Waals surface area contributed by atoms with Crippen LogP contribution in [0.5, 0.6) is 5.75 Å². The summed E-state index contributed by atoms with van der Waals surface area (Å²) < 4.78 is 8.76. The van der Waals surface area contributed by atoms with Crippen molar-refractivity contribution in [3.8, 4) is 11.4 Å². The third-order valence-corrected chi connectivity index (χ3v) is 5.30. The fourth-order valence-electron chi connectivity index (χ4n) is 3.57. The second-order valence-electron chi connectivity index (χ2n) is 6.78. The van der Waals surface area contributed by atoms with Crippen molar-refractivity contribution < 1.29 is 4.74 Å². The molecule has 0 bridgehead atoms. The maximum Gasteiger partial charge on any atom is 0.267 e. The number of hydrogen-bond donors (Lipinski definition) is 1. The first-order chi connectivity index (χ1) is 15.1. The molecule has 0 saturated heterocycles. The molecule has 3 heterocycles. The van der Waals surface area contributed by atoms with E-state index in [4.69, 9.17) is 27.1 Å². The number of ether oxygens (including phenoxy) is 1. The molecule has 3 aromatic heterocycles. The second-order valence-corrected chi connectivity index (χ2v) is 7.19. The van der Waals surface area contributed by atoms with E-state index in [-0.39, 0.29) is 17.9 Å². The minimum Gasteiger partial charge on any atom is -0.495 e. The van der Waals surface area contributed by atoms with Crippen LogP contribution in [-0.4, -0.2) is 36.2 Å². The molecule has 2 N–H and O–H groups in total. The number of para-hydroxylation sites is 2. The van der Waals surface area contributed by atoms with Gasteiger partial charge in [0.05, 0.1) is 41.6 Å². The van der Waals surface area contributed by atoms with E-state index >= 15 is 0 Å². The molecule has 0 aliphatic carbocycles. The number of benzene rings is 2. The lowest BCUT2D eigenvalue weighted by molar-refractivity contribution is 0.412. The van der Waals surface area contributed by atoms with Gasteiger partial charge in [-0.05, 0) is 24.3 Å². The Kier molecular flexibility index (Phi) is 4.52. The van der Waals surface area contributed by atoms with Crippen molar-refractivity contribution in [1.82, 2.24) is 29.1 Å². The number of nitrogen functional groups attached to an aromatic ring is 1. The fourth-order valence-corrected chi connectivity index (χ4v) is 3.82. The average molecular weight is 434 g/mol. The molecule has 0 unspecified atom stereocenters. The molecule has 5 rings (SSSR count). The first-order valence-electron chi connectivity index (χ1n) is 9.33. The van der Waals surface area contributed by atoms with E-state index in [1.54, 1.807) is 48.3 Å². The largest absolute Gasteiger partial charge is 0.495 e. The molecule has 5 aromatic rings. The summed E-state index contributed by atoms with van der Waals surface area (Å²) in [6.07, 6.45) is 2.97. The van der Waals surface area contributed by atoms with E-state index < -0.39 is 0 Å². The Bertz CT molecular complexity index is 1510. The summed E-state index contributed by atoms with van der Waals surface area (Å²) in [5, 5.41) is 0.666. The quantitative estimate of drug-likeness (QED) is 0.463. The van der Waals surface area contributed by atoms with Crippen LogP contribution >= 0.6 is 11.6 Å². The molecule has 0 fully saturated rings. The van der Waals surface area contributed by atoms with Crippen molar-refractivity contribution in [3.63, 3.8) is 0 Å². The van der Waals surface area contributed by atoms with Gasteiger partial charge in [-0.25, -0.2) is 19.9 Å². The van der Waals surface area contributed by atoms with Crippen molar-refractivity contribution in [1.29, 1.82) is 0 Å². The maximum atomic E-state index is 13.6. The van der Waals surface area contributed by atoms with E-state index in [0.717, 1.165) is 0 Å². The first kappa shape index (κ1) is 19.0. The molecule has 9 nitrogen and oxygen atoms in total. The van der Waals surface area contributed by atoms with Gasteiger partial charge >= 0.3 is 0 Å². The third-order valence-electron chi connectivity index (χ3n) is 4.98. The zero-order valence-corrected chi connectivity index (χ0v) is 17.1. The highest BCUT2D eigenvalue weighted by atomic mass is 35.5. The Morgan fingerprint density at radius 1 is 1.10 bits per heavy atom. The van der Waals surface area contributed by atoms with Gasteiger partial charge in [-0.2, -0.15) is 0 Å². The van der Waals surface area contributed by atoms with Gasteiger partial charge in [-0.1, -0.05) is 29.8 Å². The Balaban J connectivity index is 1.81. The van der Waals surface area contributed by atoms with E-state index in [1.807, 2.05) is 12.1 Å². The van der Waals surface area contributed by atoms with Crippen LogP contribution in [0.1, 0.15) is 5.82 Å². The number of fused-ring (bicyclic) bond motifs is 2. The zero-order chi connectivity index (χ0) is 21.5. The highest BCUT2D eigenvalue weighted by Crippen LogP contribution is 2.26. The molecule has 31 heavy (non-hydrogen) atoms. The summed E-state index contributed by atoms with van der Waals surface area (Å²) in [7, 11) is 1.55. The average Bonchev–Trinajstić information content (AvgIpc) is 3.18. The Morgan fingerprint density at radius 3 is 2.77 bits per heavy atom. The van der Waals surface area contributed by atoms with Gasteiger partial charge in [0.1, 0.15) is 23.4 Å². The number of halogens is 1. The molecule has 10 heteroatoms. The number of aromatic nitrogens is 6. The summed E-state index contributed by atoms with van der Waals surface area (Å²) in [6, 6.07) is 12.4. The van der Waals surface area contributed by atoms with Crippen LogP contribution in [0.4, 0.5) is 5.82 Å². The van der Waals surface area contributed by atoms with Gasteiger partial charge in [0.25, 0.3) is 5.56 Å². The number of methoxy groups -OCH3 is 1. The standard InChI is InChI=1S/C21H16ClN7O2/c1-31-15-8-3-2-7-14(15)29-16(27-13-6-4-5-12(22)17(13)21(29)30)9-28-11-26-18-19(23)24-10-25-20(18)28/h2-8,10-11H,9H2,1H3,(H2,23,24,25). The zero-order valence-electron chi connectivity index (χ0n) is 16.4. The van der Waals surface area contributed by atoms with E-state index in [2.05, 4.69) is 15.0 Å². The summed E-state index contributed by atoms with van der Waals surface area (Å²) in [4.78, 5) is 30.9. The lowest BCUT2D eigenvalue weighted by atomic mass is 10.2. The third kappa shape index (κ3) is 3.06. The Hall–Kier alpha value is -3.98. The van der Waals surface area contributed by atoms with Crippen LogP contribution in [0, 0.1) is 0 Å². The van der Waals surface area contributed by atoms with E-state index in [1.165, 1.54) is 10.9 Å². The topological polar surface area (TPSA) is 114 Å². The van der Waals surface area contributed by atoms with Gasteiger partial charge < -0.3 is 15.0 Å². The van der Waals surface area contributed by atoms with E-state index in [9.17, 15) is 4.79 Å². The van der Waals surface area contributed by atoms with Gasteiger partial charge in [-0.15, -0.1) is 0 Å². The number of nitrogens with zero attached hydrogens (tertiary/aromatic N) is 6. The molecule has 154 valence electrons. The van der Waals surface area contributed by atoms with Crippen LogP contribution in [0.3, 0.4) is 0 Å². The van der Waals surface area contributed by atoms with E-state index in [0.29, 0.717) is 44.4 Å². The number of rotatable bonds is 4.